The van der Waals surface area contributed by atoms with Gasteiger partial charge in [0.1, 0.15) is 18.5 Å². The minimum atomic E-state index is -0.724. The minimum Gasteiger partial charge on any atom is -0.459 e. The van der Waals surface area contributed by atoms with Crippen LogP contribution in [0.1, 0.15) is 28.3 Å². The van der Waals surface area contributed by atoms with E-state index < -0.39 is 17.6 Å². The normalized spacial score (nSPS) is 12.1. The summed E-state index contributed by atoms with van der Waals surface area (Å²) in [6.45, 7) is 3.86. The molecular weight excluding hydrogens is 384 g/mol. The molecule has 4 rings (SSSR count). The van der Waals surface area contributed by atoms with Crippen LogP contribution in [0.5, 0.6) is 0 Å². The topological polar surface area (TPSA) is 100 Å². The van der Waals surface area contributed by atoms with Gasteiger partial charge in [-0.2, -0.15) is 0 Å². The second kappa shape index (κ2) is 8.28. The van der Waals surface area contributed by atoms with Crippen molar-refractivity contribution < 1.29 is 13.9 Å². The second-order valence-corrected chi connectivity index (χ2v) is 7.13. The maximum absolute atomic E-state index is 12.9. The SMILES string of the molecule is Cc1cc2oc(=O)cc(COC(=O)[C@H](Cc3ccccc3)n3cnnn3)c2cc1C. The number of benzene rings is 2. The number of hydrogen-bond donors (Lipinski definition) is 0. The molecule has 2 heterocycles. The maximum atomic E-state index is 12.9. The summed E-state index contributed by atoms with van der Waals surface area (Å²) in [5, 5.41) is 11.9. The van der Waals surface area contributed by atoms with Crippen LogP contribution in [-0.4, -0.2) is 26.2 Å². The van der Waals surface area contributed by atoms with Crippen LogP contribution in [0.25, 0.3) is 11.0 Å². The number of hydrogen-bond acceptors (Lipinski definition) is 7. The highest BCUT2D eigenvalue weighted by Gasteiger charge is 2.24. The molecular formula is C22H20N4O4. The van der Waals surface area contributed by atoms with Gasteiger partial charge < -0.3 is 9.15 Å². The number of esters is 1. The number of aromatic nitrogens is 4. The lowest BCUT2D eigenvalue weighted by Crippen LogP contribution is -2.25. The number of rotatable bonds is 6. The zero-order valence-corrected chi connectivity index (χ0v) is 16.6. The Kier molecular flexibility index (Phi) is 5.38. The highest BCUT2D eigenvalue weighted by molar-refractivity contribution is 5.82. The Labute approximate surface area is 172 Å². The Balaban J connectivity index is 1.59. The third-order valence-electron chi connectivity index (χ3n) is 5.04. The summed E-state index contributed by atoms with van der Waals surface area (Å²) < 4.78 is 12.3. The first kappa shape index (κ1) is 19.5. The van der Waals surface area contributed by atoms with E-state index in [1.807, 2.05) is 56.3 Å². The number of aryl methyl sites for hydroxylation is 2. The van der Waals surface area contributed by atoms with Crippen molar-refractivity contribution in [1.29, 1.82) is 0 Å². The van der Waals surface area contributed by atoms with Crippen molar-refractivity contribution in [3.05, 3.63) is 87.5 Å². The molecule has 2 aromatic heterocycles. The summed E-state index contributed by atoms with van der Waals surface area (Å²) in [7, 11) is 0. The quantitative estimate of drug-likeness (QED) is 0.360. The maximum Gasteiger partial charge on any atom is 0.336 e. The number of fused-ring (bicyclic) bond motifs is 1. The van der Waals surface area contributed by atoms with E-state index in [0.717, 1.165) is 22.1 Å². The fourth-order valence-corrected chi connectivity index (χ4v) is 3.28. The van der Waals surface area contributed by atoms with Crippen molar-refractivity contribution in [2.45, 2.75) is 32.9 Å². The fourth-order valence-electron chi connectivity index (χ4n) is 3.28. The van der Waals surface area contributed by atoms with E-state index in [2.05, 4.69) is 15.5 Å². The molecule has 8 heteroatoms. The molecule has 4 aromatic rings. The Bertz CT molecular complexity index is 1230. The summed E-state index contributed by atoms with van der Waals surface area (Å²) >= 11 is 0. The molecule has 0 amide bonds. The molecule has 0 fully saturated rings. The van der Waals surface area contributed by atoms with Crippen molar-refractivity contribution in [1.82, 2.24) is 20.2 Å². The van der Waals surface area contributed by atoms with Crippen molar-refractivity contribution in [3.63, 3.8) is 0 Å². The van der Waals surface area contributed by atoms with Crippen molar-refractivity contribution in [3.8, 4) is 0 Å². The van der Waals surface area contributed by atoms with Crippen LogP contribution in [0.2, 0.25) is 0 Å². The van der Waals surface area contributed by atoms with Gasteiger partial charge in [-0.25, -0.2) is 14.3 Å². The molecule has 0 saturated carbocycles. The zero-order chi connectivity index (χ0) is 21.1. The number of tetrazole rings is 1. The first-order valence-corrected chi connectivity index (χ1v) is 9.48. The average molecular weight is 404 g/mol. The summed E-state index contributed by atoms with van der Waals surface area (Å²) in [6.07, 6.45) is 1.76. The van der Waals surface area contributed by atoms with Gasteiger partial charge in [-0.3, -0.25) is 0 Å². The van der Waals surface area contributed by atoms with Gasteiger partial charge in [0.2, 0.25) is 0 Å². The van der Waals surface area contributed by atoms with Crippen LogP contribution in [0, 0.1) is 13.8 Å². The Morgan fingerprint density at radius 3 is 2.63 bits per heavy atom. The Morgan fingerprint density at radius 2 is 1.90 bits per heavy atom. The summed E-state index contributed by atoms with van der Waals surface area (Å²) in [5.41, 5.74) is 3.59. The monoisotopic (exact) mass is 404 g/mol. The second-order valence-electron chi connectivity index (χ2n) is 7.13. The van der Waals surface area contributed by atoms with Crippen molar-refractivity contribution in [2.24, 2.45) is 0 Å². The van der Waals surface area contributed by atoms with E-state index in [9.17, 15) is 9.59 Å². The van der Waals surface area contributed by atoms with E-state index >= 15 is 0 Å². The molecule has 0 aliphatic rings. The molecule has 30 heavy (non-hydrogen) atoms. The molecule has 0 saturated heterocycles. The minimum absolute atomic E-state index is 0.0587. The van der Waals surface area contributed by atoms with Crippen LogP contribution in [0.3, 0.4) is 0 Å². The zero-order valence-electron chi connectivity index (χ0n) is 16.6. The first-order chi connectivity index (χ1) is 14.5. The molecule has 0 spiro atoms. The number of ether oxygens (including phenoxy) is 1. The number of carbonyl (C=O) groups is 1. The molecule has 8 nitrogen and oxygen atoms in total. The standard InChI is InChI=1S/C22H20N4O4/c1-14-8-18-17(11-21(27)30-20(18)9-15(14)2)12-29-22(28)19(26-13-23-24-25-26)10-16-6-4-3-5-7-16/h3-9,11,13,19H,10,12H2,1-2H3/t19-/m0/s1. The van der Waals surface area contributed by atoms with E-state index in [0.29, 0.717) is 17.6 Å². The van der Waals surface area contributed by atoms with Gasteiger partial charge in [-0.15, -0.1) is 5.10 Å². The van der Waals surface area contributed by atoms with Gasteiger partial charge in [0, 0.05) is 23.4 Å². The predicted molar refractivity (Wildman–Crippen MR) is 109 cm³/mol. The van der Waals surface area contributed by atoms with Gasteiger partial charge in [0.05, 0.1) is 0 Å². The first-order valence-electron chi connectivity index (χ1n) is 9.48. The fraction of sp³-hybridized carbons (Fsp3) is 0.227. The van der Waals surface area contributed by atoms with Gasteiger partial charge in [0.25, 0.3) is 0 Å². The Hall–Kier alpha value is -3.81. The summed E-state index contributed by atoms with van der Waals surface area (Å²) in [4.78, 5) is 24.9. The number of carbonyl (C=O) groups excluding carboxylic acids is 1. The predicted octanol–water partition coefficient (Wildman–Crippen LogP) is 2.92. The van der Waals surface area contributed by atoms with Crippen LogP contribution < -0.4 is 5.63 Å². The van der Waals surface area contributed by atoms with Crippen LogP contribution in [-0.2, 0) is 22.6 Å². The molecule has 0 N–H and O–H groups in total. The van der Waals surface area contributed by atoms with E-state index in [1.54, 1.807) is 0 Å². The van der Waals surface area contributed by atoms with Crippen molar-refractivity contribution in [2.75, 3.05) is 0 Å². The van der Waals surface area contributed by atoms with Gasteiger partial charge in [0.15, 0.2) is 6.04 Å². The van der Waals surface area contributed by atoms with E-state index in [1.165, 1.54) is 17.1 Å². The molecule has 152 valence electrons. The van der Waals surface area contributed by atoms with Gasteiger partial charge >= 0.3 is 11.6 Å². The summed E-state index contributed by atoms with van der Waals surface area (Å²) in [6, 6.07) is 13.9. The average Bonchev–Trinajstić information content (AvgIpc) is 3.26. The number of nitrogens with zero attached hydrogens (tertiary/aromatic N) is 4. The third-order valence-corrected chi connectivity index (χ3v) is 5.04. The Morgan fingerprint density at radius 1 is 1.13 bits per heavy atom. The largest absolute Gasteiger partial charge is 0.459 e. The smallest absolute Gasteiger partial charge is 0.336 e. The molecule has 0 aliphatic heterocycles. The molecule has 0 bridgehead atoms. The third kappa shape index (κ3) is 4.12. The highest BCUT2D eigenvalue weighted by atomic mass is 16.5. The van der Waals surface area contributed by atoms with Crippen LogP contribution in [0.15, 0.2) is 64.1 Å². The molecule has 0 unspecified atom stereocenters. The van der Waals surface area contributed by atoms with E-state index in [4.69, 9.17) is 9.15 Å². The highest BCUT2D eigenvalue weighted by Crippen LogP contribution is 2.23. The van der Waals surface area contributed by atoms with Crippen LogP contribution in [0.4, 0.5) is 0 Å². The van der Waals surface area contributed by atoms with Gasteiger partial charge in [-0.05, 0) is 53.1 Å². The lowest BCUT2D eigenvalue weighted by Gasteiger charge is -2.16. The van der Waals surface area contributed by atoms with Crippen LogP contribution >= 0.6 is 0 Å². The molecule has 0 radical (unpaired) electrons. The van der Waals surface area contributed by atoms with Gasteiger partial charge in [-0.1, -0.05) is 30.3 Å². The molecule has 1 atom stereocenters. The summed E-state index contributed by atoms with van der Waals surface area (Å²) in [5.74, 6) is -0.489. The van der Waals surface area contributed by atoms with E-state index in [-0.39, 0.29) is 6.61 Å². The van der Waals surface area contributed by atoms with Crippen molar-refractivity contribution >= 4 is 16.9 Å². The lowest BCUT2D eigenvalue weighted by atomic mass is 10.0. The molecule has 0 aliphatic carbocycles. The lowest BCUT2D eigenvalue weighted by molar-refractivity contribution is -0.149. The molecule has 2 aromatic carbocycles.